The minimum atomic E-state index is 0.327. The second kappa shape index (κ2) is 7.41. The number of hydrogen-bond acceptors (Lipinski definition) is 6. The van der Waals surface area contributed by atoms with Crippen LogP contribution in [0.5, 0.6) is 11.5 Å². The lowest BCUT2D eigenvalue weighted by molar-refractivity contribution is 0.174. The largest absolute Gasteiger partial charge is 0.454 e. The molecule has 6 nitrogen and oxygen atoms in total. The van der Waals surface area contributed by atoms with Crippen LogP contribution in [-0.2, 0) is 6.54 Å². The summed E-state index contributed by atoms with van der Waals surface area (Å²) >= 11 is 0. The van der Waals surface area contributed by atoms with Crippen LogP contribution in [0.3, 0.4) is 0 Å². The van der Waals surface area contributed by atoms with Crippen molar-refractivity contribution >= 4 is 11.5 Å². The number of nitrogens with one attached hydrogen (secondary N) is 1. The third kappa shape index (κ3) is 3.55. The lowest BCUT2D eigenvalue weighted by Crippen LogP contribution is -2.42. The number of benzene rings is 1. The molecule has 0 unspecified atom stereocenters. The summed E-state index contributed by atoms with van der Waals surface area (Å²) in [6.07, 6.45) is 4.11. The molecule has 1 aromatic carbocycles. The molecule has 0 atom stereocenters. The fourth-order valence-electron chi connectivity index (χ4n) is 3.65. The van der Waals surface area contributed by atoms with Gasteiger partial charge in [0, 0.05) is 63.3 Å². The molecule has 1 fully saturated rings. The lowest BCUT2D eigenvalue weighted by Gasteiger charge is -2.34. The van der Waals surface area contributed by atoms with E-state index in [2.05, 4.69) is 38.3 Å². The van der Waals surface area contributed by atoms with E-state index in [-0.39, 0.29) is 0 Å². The summed E-state index contributed by atoms with van der Waals surface area (Å²) in [5, 5.41) is 3.71. The first-order valence-electron chi connectivity index (χ1n) is 9.20. The molecule has 6 heteroatoms. The molecule has 0 amide bonds. The van der Waals surface area contributed by atoms with E-state index in [0.717, 1.165) is 49.8 Å². The van der Waals surface area contributed by atoms with Crippen LogP contribution in [0.4, 0.5) is 11.5 Å². The predicted molar refractivity (Wildman–Crippen MR) is 103 cm³/mol. The third-order valence-electron chi connectivity index (χ3n) is 5.09. The maximum absolute atomic E-state index is 5.50. The Bertz CT molecular complexity index is 757. The summed E-state index contributed by atoms with van der Waals surface area (Å²) in [6.45, 7) is 3.28. The van der Waals surface area contributed by atoms with E-state index >= 15 is 0 Å². The summed E-state index contributed by atoms with van der Waals surface area (Å²) in [6, 6.07) is 10.9. The number of aromatic nitrogens is 1. The van der Waals surface area contributed by atoms with Gasteiger partial charge in [-0.3, -0.25) is 0 Å². The lowest BCUT2D eigenvalue weighted by atomic mass is 10.0. The van der Waals surface area contributed by atoms with Crippen molar-refractivity contribution in [2.24, 2.45) is 0 Å². The molecule has 0 saturated carbocycles. The van der Waals surface area contributed by atoms with E-state index in [1.807, 2.05) is 32.4 Å². The molecule has 2 aliphatic heterocycles. The van der Waals surface area contributed by atoms with Gasteiger partial charge in [-0.1, -0.05) is 6.07 Å². The fourth-order valence-corrected chi connectivity index (χ4v) is 3.65. The highest BCUT2D eigenvalue weighted by Gasteiger charge is 2.21. The number of ether oxygens (including phenoxy) is 2. The molecular weight excluding hydrogens is 328 g/mol. The first kappa shape index (κ1) is 17.0. The molecule has 1 saturated heterocycles. The van der Waals surface area contributed by atoms with Gasteiger partial charge in [-0.05, 0) is 31.0 Å². The van der Waals surface area contributed by atoms with Crippen LogP contribution in [0.1, 0.15) is 18.4 Å². The summed E-state index contributed by atoms with van der Waals surface area (Å²) in [4.78, 5) is 8.97. The quantitative estimate of drug-likeness (QED) is 0.891. The molecule has 2 aromatic rings. The summed E-state index contributed by atoms with van der Waals surface area (Å²) in [7, 11) is 4.07. The third-order valence-corrected chi connectivity index (χ3v) is 5.09. The standard InChI is InChI=1S/C20H26N4O2/c1-23(2)20-15(4-3-9-21-20)13-22-16-7-10-24(11-8-16)17-5-6-18-19(12-17)26-14-25-18/h3-6,9,12,16,22H,7-8,10-11,13-14H2,1-2H3. The molecule has 2 aliphatic rings. The Balaban J connectivity index is 1.32. The molecule has 0 bridgehead atoms. The summed E-state index contributed by atoms with van der Waals surface area (Å²) in [5.41, 5.74) is 2.46. The molecule has 138 valence electrons. The number of piperidine rings is 1. The van der Waals surface area contributed by atoms with E-state index in [1.54, 1.807) is 0 Å². The van der Waals surface area contributed by atoms with Gasteiger partial charge in [-0.2, -0.15) is 0 Å². The highest BCUT2D eigenvalue weighted by molar-refractivity contribution is 5.57. The van der Waals surface area contributed by atoms with Gasteiger partial charge in [0.15, 0.2) is 11.5 Å². The van der Waals surface area contributed by atoms with Gasteiger partial charge >= 0.3 is 0 Å². The Morgan fingerprint density at radius 3 is 2.77 bits per heavy atom. The molecular formula is C20H26N4O2. The zero-order valence-corrected chi connectivity index (χ0v) is 15.4. The monoisotopic (exact) mass is 354 g/mol. The van der Waals surface area contributed by atoms with Gasteiger partial charge in [-0.15, -0.1) is 0 Å². The summed E-state index contributed by atoms with van der Waals surface area (Å²) < 4.78 is 10.9. The van der Waals surface area contributed by atoms with E-state index < -0.39 is 0 Å². The zero-order valence-electron chi connectivity index (χ0n) is 15.4. The molecule has 0 aliphatic carbocycles. The van der Waals surface area contributed by atoms with E-state index in [1.165, 1.54) is 11.3 Å². The molecule has 1 N–H and O–H groups in total. The Kier molecular flexibility index (Phi) is 4.84. The van der Waals surface area contributed by atoms with Crippen LogP contribution >= 0.6 is 0 Å². The van der Waals surface area contributed by atoms with Gasteiger partial charge in [0.25, 0.3) is 0 Å². The number of anilines is 2. The average molecular weight is 354 g/mol. The molecule has 0 spiro atoms. The van der Waals surface area contributed by atoms with Gasteiger partial charge < -0.3 is 24.6 Å². The maximum atomic E-state index is 5.50. The molecule has 4 rings (SSSR count). The summed E-state index contributed by atoms with van der Waals surface area (Å²) in [5.74, 6) is 2.74. The molecule has 26 heavy (non-hydrogen) atoms. The van der Waals surface area contributed by atoms with E-state index in [0.29, 0.717) is 12.8 Å². The van der Waals surface area contributed by atoms with Crippen molar-refractivity contribution < 1.29 is 9.47 Å². The normalized spacial score (nSPS) is 16.8. The zero-order chi connectivity index (χ0) is 17.9. The molecule has 3 heterocycles. The Labute approximate surface area is 154 Å². The van der Waals surface area contributed by atoms with Crippen LogP contribution in [-0.4, -0.2) is 45.0 Å². The second-order valence-electron chi connectivity index (χ2n) is 7.06. The second-order valence-corrected chi connectivity index (χ2v) is 7.06. The van der Waals surface area contributed by atoms with Gasteiger partial charge in [0.05, 0.1) is 0 Å². The predicted octanol–water partition coefficient (Wildman–Crippen LogP) is 2.63. The first-order chi connectivity index (χ1) is 12.7. The van der Waals surface area contributed by atoms with Crippen LogP contribution in [0, 0.1) is 0 Å². The Hall–Kier alpha value is -2.47. The van der Waals surface area contributed by atoms with Crippen molar-refractivity contribution in [3.05, 3.63) is 42.1 Å². The maximum Gasteiger partial charge on any atom is 0.231 e. The van der Waals surface area contributed by atoms with Crippen molar-refractivity contribution in [2.75, 3.05) is 43.8 Å². The van der Waals surface area contributed by atoms with Gasteiger partial charge in [0.1, 0.15) is 5.82 Å². The fraction of sp³-hybridized carbons (Fsp3) is 0.450. The number of rotatable bonds is 5. The van der Waals surface area contributed by atoms with Crippen LogP contribution < -0.4 is 24.6 Å². The minimum Gasteiger partial charge on any atom is -0.454 e. The van der Waals surface area contributed by atoms with Crippen LogP contribution in [0.15, 0.2) is 36.5 Å². The first-order valence-corrected chi connectivity index (χ1v) is 9.20. The van der Waals surface area contributed by atoms with Crippen molar-refractivity contribution in [2.45, 2.75) is 25.4 Å². The Morgan fingerprint density at radius 1 is 1.15 bits per heavy atom. The van der Waals surface area contributed by atoms with Gasteiger partial charge in [0.2, 0.25) is 6.79 Å². The number of hydrogen-bond donors (Lipinski definition) is 1. The smallest absolute Gasteiger partial charge is 0.231 e. The van der Waals surface area contributed by atoms with Gasteiger partial charge in [-0.25, -0.2) is 4.98 Å². The number of pyridine rings is 1. The number of fused-ring (bicyclic) bond motifs is 1. The van der Waals surface area contributed by atoms with Crippen LogP contribution in [0.25, 0.3) is 0 Å². The van der Waals surface area contributed by atoms with Crippen molar-refractivity contribution in [1.82, 2.24) is 10.3 Å². The molecule has 0 radical (unpaired) electrons. The van der Waals surface area contributed by atoms with Crippen LogP contribution in [0.2, 0.25) is 0 Å². The average Bonchev–Trinajstić information content (AvgIpc) is 3.15. The SMILES string of the molecule is CN(C)c1ncccc1CNC1CCN(c2ccc3c(c2)OCO3)CC1. The van der Waals surface area contributed by atoms with Crippen molar-refractivity contribution in [3.63, 3.8) is 0 Å². The minimum absolute atomic E-state index is 0.327. The molecule has 1 aromatic heterocycles. The van der Waals surface area contributed by atoms with Crippen molar-refractivity contribution in [3.8, 4) is 11.5 Å². The topological polar surface area (TPSA) is 49.9 Å². The van der Waals surface area contributed by atoms with Crippen molar-refractivity contribution in [1.29, 1.82) is 0 Å². The number of nitrogens with zero attached hydrogens (tertiary/aromatic N) is 3. The highest BCUT2D eigenvalue weighted by atomic mass is 16.7. The van der Waals surface area contributed by atoms with E-state index in [9.17, 15) is 0 Å². The highest BCUT2D eigenvalue weighted by Crippen LogP contribution is 2.36. The Morgan fingerprint density at radius 2 is 1.96 bits per heavy atom. The van der Waals surface area contributed by atoms with E-state index in [4.69, 9.17) is 9.47 Å².